The minimum atomic E-state index is -0.721. The minimum Gasteiger partial charge on any atom is -0.310 e. The summed E-state index contributed by atoms with van der Waals surface area (Å²) in [6.07, 6.45) is 0. The van der Waals surface area contributed by atoms with Gasteiger partial charge in [0.2, 0.25) is 0 Å². The van der Waals surface area contributed by atoms with Crippen molar-refractivity contribution in [3.63, 3.8) is 0 Å². The van der Waals surface area contributed by atoms with Gasteiger partial charge in [0.1, 0.15) is 0 Å². The maximum Gasteiger partial charge on any atom is 0.0715 e. The van der Waals surface area contributed by atoms with Crippen LogP contribution in [0.1, 0.15) is 66.8 Å². The number of nitrogens with zero attached hydrogens (tertiary/aromatic N) is 4. The number of benzene rings is 18. The van der Waals surface area contributed by atoms with Crippen LogP contribution >= 0.6 is 0 Å². The zero-order chi connectivity index (χ0) is 78.7. The molecule has 558 valence electrons. The summed E-state index contributed by atoms with van der Waals surface area (Å²) in [7, 11) is 0. The van der Waals surface area contributed by atoms with Crippen LogP contribution in [-0.2, 0) is 10.8 Å². The van der Waals surface area contributed by atoms with Gasteiger partial charge in [-0.25, -0.2) is 0 Å². The Morgan fingerprint density at radius 3 is 0.763 bits per heavy atom. The van der Waals surface area contributed by atoms with E-state index in [1.54, 1.807) is 0 Å². The van der Waals surface area contributed by atoms with Gasteiger partial charge in [0.05, 0.1) is 32.9 Å². The minimum absolute atomic E-state index is 0.681. The van der Waals surface area contributed by atoms with E-state index in [0.29, 0.717) is 0 Å². The topological polar surface area (TPSA) is 16.3 Å². The summed E-state index contributed by atoms with van der Waals surface area (Å²) in [6.45, 7) is 8.76. The molecule has 0 saturated heterocycles. The van der Waals surface area contributed by atoms with Crippen LogP contribution in [0.5, 0.6) is 0 Å². The third kappa shape index (κ3) is 11.2. The molecule has 4 nitrogen and oxygen atoms in total. The maximum absolute atomic E-state index is 2.52. The molecule has 4 heteroatoms. The van der Waals surface area contributed by atoms with Gasteiger partial charge in [0, 0.05) is 67.0 Å². The Morgan fingerprint density at radius 1 is 0.186 bits per heavy atom. The molecule has 0 radical (unpaired) electrons. The first-order valence-electron chi connectivity index (χ1n) is 41.1. The second-order valence-corrected chi connectivity index (χ2v) is 32.2. The zero-order valence-electron chi connectivity index (χ0n) is 66.2. The third-order valence-corrected chi connectivity index (χ3v) is 25.3. The lowest BCUT2D eigenvalue weighted by Crippen LogP contribution is -2.29. The van der Waals surface area contributed by atoms with Gasteiger partial charge in [-0.05, 0) is 273 Å². The van der Waals surface area contributed by atoms with Gasteiger partial charge in [-0.15, -0.1) is 0 Å². The highest BCUT2D eigenvalue weighted by Gasteiger charge is 2.49. The van der Waals surface area contributed by atoms with E-state index >= 15 is 0 Å². The fourth-order valence-electron chi connectivity index (χ4n) is 19.8. The SMILES string of the molecule is Cc1ccc(N(c2ccc(C)cc2)c2ccc3c(c2)C(c2ccccc2)(c2ccccc2)c2cc(-n4c5ccc(C)cc5c5cc(-c6ccc7c(c6)c6cc(C)ccc6n7-c6ccc7c(c6)C(c6ccccc6)(c6ccccc6)c6cc(N(c8ccc(-c9ccccc9)cc8)c8ccc(-c9ccccc9)cc8)ccc6-7)ccc54)ccc2-3)cc1. The van der Waals surface area contributed by atoms with Crippen molar-refractivity contribution in [3.8, 4) is 67.0 Å². The Balaban J connectivity index is 0.675. The number of aryl methyl sites for hydroxylation is 4. The smallest absolute Gasteiger partial charge is 0.0715 e. The fraction of sp³-hybridized carbons (Fsp3) is 0.0526. The highest BCUT2D eigenvalue weighted by atomic mass is 15.1. The predicted molar refractivity (Wildman–Crippen MR) is 494 cm³/mol. The average Bonchev–Trinajstić information content (AvgIpc) is 1.53. The van der Waals surface area contributed by atoms with E-state index in [0.717, 1.165) is 67.6 Å². The van der Waals surface area contributed by atoms with Crippen LogP contribution in [0.25, 0.3) is 111 Å². The molecule has 0 fully saturated rings. The Bertz CT molecular complexity index is 7050. The molecular weight excluding hydrogens is 1430 g/mol. The molecule has 0 bridgehead atoms. The highest BCUT2D eigenvalue weighted by molar-refractivity contribution is 6.13. The molecule has 2 aliphatic rings. The van der Waals surface area contributed by atoms with Gasteiger partial charge in [0.25, 0.3) is 0 Å². The van der Waals surface area contributed by atoms with Crippen molar-refractivity contribution in [2.24, 2.45) is 0 Å². The van der Waals surface area contributed by atoms with Crippen LogP contribution in [0.2, 0.25) is 0 Å². The summed E-state index contributed by atoms with van der Waals surface area (Å²) in [6, 6.07) is 160. The first-order valence-corrected chi connectivity index (χ1v) is 41.1. The van der Waals surface area contributed by atoms with E-state index in [1.165, 1.54) is 144 Å². The first kappa shape index (κ1) is 69.8. The number of fused-ring (bicyclic) bond motifs is 12. The molecule has 2 heterocycles. The van der Waals surface area contributed by atoms with Crippen molar-refractivity contribution in [1.29, 1.82) is 0 Å². The number of hydrogen-bond acceptors (Lipinski definition) is 2. The van der Waals surface area contributed by atoms with E-state index < -0.39 is 10.8 Å². The van der Waals surface area contributed by atoms with Crippen molar-refractivity contribution >= 4 is 77.7 Å². The van der Waals surface area contributed by atoms with Crippen LogP contribution in [0.3, 0.4) is 0 Å². The van der Waals surface area contributed by atoms with Gasteiger partial charge >= 0.3 is 0 Å². The Labute approximate surface area is 689 Å². The quantitative estimate of drug-likeness (QED) is 0.102. The lowest BCUT2D eigenvalue weighted by Gasteiger charge is -2.35. The number of hydrogen-bond donors (Lipinski definition) is 0. The normalized spacial score (nSPS) is 12.9. The van der Waals surface area contributed by atoms with Crippen LogP contribution in [-0.4, -0.2) is 9.13 Å². The summed E-state index contributed by atoms with van der Waals surface area (Å²) in [5.41, 5.74) is 38.7. The van der Waals surface area contributed by atoms with Crippen molar-refractivity contribution in [3.05, 3.63) is 491 Å². The van der Waals surface area contributed by atoms with Gasteiger partial charge in [0.15, 0.2) is 0 Å². The second kappa shape index (κ2) is 28.0. The molecule has 0 saturated carbocycles. The molecule has 0 N–H and O–H groups in total. The van der Waals surface area contributed by atoms with E-state index in [-0.39, 0.29) is 0 Å². The van der Waals surface area contributed by atoms with Crippen molar-refractivity contribution in [2.45, 2.75) is 38.5 Å². The van der Waals surface area contributed by atoms with Crippen molar-refractivity contribution in [2.75, 3.05) is 9.80 Å². The number of aromatic nitrogens is 2. The first-order chi connectivity index (χ1) is 58.1. The molecule has 0 unspecified atom stereocenters. The summed E-state index contributed by atoms with van der Waals surface area (Å²) in [5.74, 6) is 0. The highest BCUT2D eigenvalue weighted by Crippen LogP contribution is 2.61. The molecule has 20 aromatic rings. The van der Waals surface area contributed by atoms with Gasteiger partial charge in [-0.1, -0.05) is 301 Å². The van der Waals surface area contributed by atoms with Crippen LogP contribution in [0.15, 0.2) is 425 Å². The largest absolute Gasteiger partial charge is 0.310 e. The molecule has 22 rings (SSSR count). The molecule has 118 heavy (non-hydrogen) atoms. The molecule has 2 aromatic heterocycles. The standard InChI is InChI=1S/C114H82N4/c1-75-35-47-89(48-36-75)115(90-49-37-76(2)38-50-90)93-55-59-97-99-61-57-95(73-107(99)113(105(97)71-93,85-27-15-7-16-28-85)86-29-17-8-18-30-86)117-109-63-39-77(3)67-101(109)103-69-83(45-65-111(103)117)84-46-66-112-104(70-84)102-68-78(4)40-64-110(102)118(112)96-58-62-100-98-60-56-94(72-106(98)114(108(100)74-96,87-31-19-9-20-32-87)88-33-21-10-22-34-88)116(91-51-41-81(42-52-91)79-23-11-5-12-24-79)92-53-43-82(44-54-92)80-25-13-6-14-26-80/h5-74H,1-4H3. The monoisotopic (exact) mass is 1510 g/mol. The second-order valence-electron chi connectivity index (χ2n) is 32.2. The predicted octanol–water partition coefficient (Wildman–Crippen LogP) is 29.8. The van der Waals surface area contributed by atoms with Gasteiger partial charge in [-0.3, -0.25) is 0 Å². The lowest BCUT2D eigenvalue weighted by atomic mass is 9.67. The number of rotatable bonds is 15. The van der Waals surface area contributed by atoms with E-state index in [4.69, 9.17) is 0 Å². The lowest BCUT2D eigenvalue weighted by molar-refractivity contribution is 0.767. The summed E-state index contributed by atoms with van der Waals surface area (Å²) in [5, 5.41) is 4.86. The van der Waals surface area contributed by atoms with Crippen LogP contribution in [0, 0.1) is 27.7 Å². The Hall–Kier alpha value is -14.8. The van der Waals surface area contributed by atoms with Crippen LogP contribution in [0.4, 0.5) is 34.1 Å². The van der Waals surface area contributed by atoms with Crippen molar-refractivity contribution in [1.82, 2.24) is 9.13 Å². The third-order valence-electron chi connectivity index (χ3n) is 25.3. The Kier molecular flexibility index (Phi) is 16.6. The molecule has 0 amide bonds. The molecule has 18 aromatic carbocycles. The molecule has 0 aliphatic heterocycles. The fourth-order valence-corrected chi connectivity index (χ4v) is 19.8. The van der Waals surface area contributed by atoms with Crippen LogP contribution < -0.4 is 9.80 Å². The molecule has 0 spiro atoms. The molecular formula is C114H82N4. The summed E-state index contributed by atoms with van der Waals surface area (Å²) >= 11 is 0. The van der Waals surface area contributed by atoms with E-state index in [1.807, 2.05) is 0 Å². The number of anilines is 6. The van der Waals surface area contributed by atoms with Gasteiger partial charge in [-0.2, -0.15) is 0 Å². The van der Waals surface area contributed by atoms with Gasteiger partial charge < -0.3 is 18.9 Å². The molecule has 2 aliphatic carbocycles. The summed E-state index contributed by atoms with van der Waals surface area (Å²) < 4.78 is 5.04. The zero-order valence-corrected chi connectivity index (χ0v) is 66.2. The van der Waals surface area contributed by atoms with E-state index in [2.05, 4.69) is 471 Å². The average molecular weight is 1510 g/mol. The summed E-state index contributed by atoms with van der Waals surface area (Å²) in [4.78, 5) is 4.85. The molecule has 0 atom stereocenters. The Morgan fingerprint density at radius 2 is 0.432 bits per heavy atom. The van der Waals surface area contributed by atoms with Crippen molar-refractivity contribution < 1.29 is 0 Å². The van der Waals surface area contributed by atoms with E-state index in [9.17, 15) is 0 Å². The maximum atomic E-state index is 2.52.